The third-order valence-electron chi connectivity index (χ3n) is 3.33. The Morgan fingerprint density at radius 2 is 2.37 bits per heavy atom. The van der Waals surface area contributed by atoms with E-state index >= 15 is 0 Å². The lowest BCUT2D eigenvalue weighted by molar-refractivity contribution is 0.0660. The van der Waals surface area contributed by atoms with Crippen molar-refractivity contribution in [3.05, 3.63) is 29.6 Å². The molecule has 1 aromatic carbocycles. The van der Waals surface area contributed by atoms with Crippen LogP contribution in [0, 0.1) is 5.82 Å². The van der Waals surface area contributed by atoms with Crippen LogP contribution in [0.2, 0.25) is 0 Å². The predicted molar refractivity (Wildman–Crippen MR) is 70.2 cm³/mol. The van der Waals surface area contributed by atoms with E-state index in [1.807, 2.05) is 11.8 Å². The fraction of sp³-hybridized carbons (Fsp3) is 0.500. The normalized spacial score (nSPS) is 20.1. The maximum absolute atomic E-state index is 13.2. The summed E-state index contributed by atoms with van der Waals surface area (Å²) >= 11 is 0. The van der Waals surface area contributed by atoms with Crippen molar-refractivity contribution in [2.75, 3.05) is 24.6 Å². The molecule has 0 spiro atoms. The summed E-state index contributed by atoms with van der Waals surface area (Å²) in [4.78, 5) is 13.2. The third kappa shape index (κ3) is 3.23. The van der Waals surface area contributed by atoms with Gasteiger partial charge in [0.05, 0.1) is 17.4 Å². The van der Waals surface area contributed by atoms with Gasteiger partial charge < -0.3 is 14.7 Å². The van der Waals surface area contributed by atoms with Gasteiger partial charge in [-0.05, 0) is 31.0 Å². The molecule has 1 heterocycles. The molecule has 0 aliphatic carbocycles. The standard InChI is InChI=1S/C14H18FNO3/c1-2-11-9-16(6-3-7-19-11)13-5-4-10(15)8-12(13)14(17)18/h4-5,8,11H,2-3,6-7,9H2,1H3,(H,17,18). The minimum absolute atomic E-state index is 0.0109. The van der Waals surface area contributed by atoms with Crippen molar-refractivity contribution >= 4 is 11.7 Å². The summed E-state index contributed by atoms with van der Waals surface area (Å²) in [5.74, 6) is -1.63. The fourth-order valence-corrected chi connectivity index (χ4v) is 2.32. The topological polar surface area (TPSA) is 49.8 Å². The van der Waals surface area contributed by atoms with Gasteiger partial charge in [0.15, 0.2) is 0 Å². The number of carboxylic acid groups (broad SMARTS) is 1. The summed E-state index contributed by atoms with van der Waals surface area (Å²) in [7, 11) is 0. The average Bonchev–Trinajstić information content (AvgIpc) is 2.63. The van der Waals surface area contributed by atoms with E-state index in [1.54, 1.807) is 0 Å². The zero-order valence-electron chi connectivity index (χ0n) is 10.9. The Bertz CT molecular complexity index is 464. The van der Waals surface area contributed by atoms with E-state index in [4.69, 9.17) is 4.74 Å². The predicted octanol–water partition coefficient (Wildman–Crippen LogP) is 2.53. The van der Waals surface area contributed by atoms with Crippen LogP contribution in [0.5, 0.6) is 0 Å². The van der Waals surface area contributed by atoms with Crippen LogP contribution in [0.15, 0.2) is 18.2 Å². The summed E-state index contributed by atoms with van der Waals surface area (Å²) in [6.45, 7) is 4.08. The van der Waals surface area contributed by atoms with Crippen LogP contribution >= 0.6 is 0 Å². The zero-order chi connectivity index (χ0) is 13.8. The van der Waals surface area contributed by atoms with Gasteiger partial charge in [-0.15, -0.1) is 0 Å². The molecule has 104 valence electrons. The minimum Gasteiger partial charge on any atom is -0.478 e. The van der Waals surface area contributed by atoms with Crippen molar-refractivity contribution in [1.29, 1.82) is 0 Å². The molecular formula is C14H18FNO3. The number of benzene rings is 1. The summed E-state index contributed by atoms with van der Waals surface area (Å²) in [5.41, 5.74) is 0.578. The lowest BCUT2D eigenvalue weighted by atomic mass is 10.1. The van der Waals surface area contributed by atoms with E-state index in [0.29, 0.717) is 18.8 Å². The van der Waals surface area contributed by atoms with Gasteiger partial charge in [0.25, 0.3) is 0 Å². The number of hydrogen-bond donors (Lipinski definition) is 1. The maximum atomic E-state index is 13.2. The highest BCUT2D eigenvalue weighted by Gasteiger charge is 2.22. The van der Waals surface area contributed by atoms with Crippen LogP contribution in [0.1, 0.15) is 30.1 Å². The van der Waals surface area contributed by atoms with Gasteiger partial charge in [0.2, 0.25) is 0 Å². The summed E-state index contributed by atoms with van der Waals surface area (Å²) in [5, 5.41) is 9.19. The van der Waals surface area contributed by atoms with Gasteiger partial charge in [-0.3, -0.25) is 0 Å². The molecule has 1 atom stereocenters. The zero-order valence-corrected chi connectivity index (χ0v) is 10.9. The van der Waals surface area contributed by atoms with Gasteiger partial charge >= 0.3 is 5.97 Å². The maximum Gasteiger partial charge on any atom is 0.337 e. The first-order chi connectivity index (χ1) is 9.11. The molecule has 1 N–H and O–H groups in total. The lowest BCUT2D eigenvalue weighted by Crippen LogP contribution is -2.32. The molecule has 0 amide bonds. The van der Waals surface area contributed by atoms with Crippen molar-refractivity contribution in [3.63, 3.8) is 0 Å². The van der Waals surface area contributed by atoms with Crippen LogP contribution in [0.3, 0.4) is 0 Å². The van der Waals surface area contributed by atoms with E-state index in [-0.39, 0.29) is 11.7 Å². The molecule has 5 heteroatoms. The first kappa shape index (κ1) is 13.8. The Labute approximate surface area is 111 Å². The van der Waals surface area contributed by atoms with Crippen molar-refractivity contribution < 1.29 is 19.0 Å². The molecule has 1 aliphatic heterocycles. The highest BCUT2D eigenvalue weighted by molar-refractivity contribution is 5.94. The highest BCUT2D eigenvalue weighted by atomic mass is 19.1. The first-order valence-electron chi connectivity index (χ1n) is 6.51. The molecule has 19 heavy (non-hydrogen) atoms. The number of carbonyl (C=O) groups is 1. The van der Waals surface area contributed by atoms with Gasteiger partial charge in [0.1, 0.15) is 5.82 Å². The van der Waals surface area contributed by atoms with E-state index < -0.39 is 11.8 Å². The number of rotatable bonds is 3. The number of aromatic carboxylic acids is 1. The molecular weight excluding hydrogens is 249 g/mol. The van der Waals surface area contributed by atoms with Crippen molar-refractivity contribution in [2.24, 2.45) is 0 Å². The van der Waals surface area contributed by atoms with Crippen molar-refractivity contribution in [1.82, 2.24) is 0 Å². The van der Waals surface area contributed by atoms with E-state index in [1.165, 1.54) is 12.1 Å². The van der Waals surface area contributed by atoms with Crippen molar-refractivity contribution in [2.45, 2.75) is 25.9 Å². The molecule has 4 nitrogen and oxygen atoms in total. The van der Waals surface area contributed by atoms with Gasteiger partial charge in [-0.2, -0.15) is 0 Å². The highest BCUT2D eigenvalue weighted by Crippen LogP contribution is 2.24. The van der Waals surface area contributed by atoms with Crippen LogP contribution in [-0.2, 0) is 4.74 Å². The Morgan fingerprint density at radius 3 is 3.05 bits per heavy atom. The average molecular weight is 267 g/mol. The molecule has 0 aromatic heterocycles. The molecule has 2 rings (SSSR count). The summed E-state index contributed by atoms with van der Waals surface area (Å²) < 4.78 is 18.9. The molecule has 0 radical (unpaired) electrons. The molecule has 0 bridgehead atoms. The quantitative estimate of drug-likeness (QED) is 0.914. The van der Waals surface area contributed by atoms with Crippen LogP contribution in [0.25, 0.3) is 0 Å². The SMILES string of the molecule is CCC1CN(c2ccc(F)cc2C(=O)O)CCCO1. The van der Waals surface area contributed by atoms with Gasteiger partial charge in [0, 0.05) is 19.7 Å². The lowest BCUT2D eigenvalue weighted by Gasteiger charge is -2.26. The molecule has 1 saturated heterocycles. The number of carboxylic acids is 1. The number of anilines is 1. The Kier molecular flexibility index (Phi) is 4.37. The Morgan fingerprint density at radius 1 is 1.58 bits per heavy atom. The molecule has 1 fully saturated rings. The second-order valence-corrected chi connectivity index (χ2v) is 4.67. The fourth-order valence-electron chi connectivity index (χ4n) is 2.32. The molecule has 0 saturated carbocycles. The largest absolute Gasteiger partial charge is 0.478 e. The third-order valence-corrected chi connectivity index (χ3v) is 3.33. The first-order valence-corrected chi connectivity index (χ1v) is 6.51. The Balaban J connectivity index is 2.31. The summed E-state index contributed by atoms with van der Waals surface area (Å²) in [6.07, 6.45) is 1.81. The summed E-state index contributed by atoms with van der Waals surface area (Å²) in [6, 6.07) is 3.91. The monoisotopic (exact) mass is 267 g/mol. The van der Waals surface area contributed by atoms with Gasteiger partial charge in [-0.1, -0.05) is 6.92 Å². The second-order valence-electron chi connectivity index (χ2n) is 4.67. The van der Waals surface area contributed by atoms with Gasteiger partial charge in [-0.25, -0.2) is 9.18 Å². The van der Waals surface area contributed by atoms with E-state index in [2.05, 4.69) is 0 Å². The number of halogens is 1. The van der Waals surface area contributed by atoms with Crippen molar-refractivity contribution in [3.8, 4) is 0 Å². The number of ether oxygens (including phenoxy) is 1. The molecule has 1 unspecified atom stereocenters. The van der Waals surface area contributed by atoms with Crippen LogP contribution in [-0.4, -0.2) is 36.9 Å². The Hall–Kier alpha value is -1.62. The minimum atomic E-state index is -1.10. The van der Waals surface area contributed by atoms with E-state index in [0.717, 1.165) is 25.5 Å². The van der Waals surface area contributed by atoms with Crippen LogP contribution < -0.4 is 4.90 Å². The molecule has 1 aromatic rings. The smallest absolute Gasteiger partial charge is 0.337 e. The number of hydrogen-bond acceptors (Lipinski definition) is 3. The van der Waals surface area contributed by atoms with Crippen LogP contribution in [0.4, 0.5) is 10.1 Å². The molecule has 1 aliphatic rings. The number of nitrogens with zero attached hydrogens (tertiary/aromatic N) is 1. The van der Waals surface area contributed by atoms with E-state index in [9.17, 15) is 14.3 Å². The second kappa shape index (κ2) is 6.02.